The highest BCUT2D eigenvalue weighted by atomic mass is 32.1. The van der Waals surface area contributed by atoms with Crippen LogP contribution < -0.4 is 0 Å². The predicted octanol–water partition coefficient (Wildman–Crippen LogP) is 4.91. The summed E-state index contributed by atoms with van der Waals surface area (Å²) >= 11 is 1.28. The minimum absolute atomic E-state index is 0.0358. The number of hydrogen-bond donors (Lipinski definition) is 0. The first kappa shape index (κ1) is 13.9. The van der Waals surface area contributed by atoms with Crippen molar-refractivity contribution in [1.82, 2.24) is 0 Å². The normalized spacial score (nSPS) is 11.0. The van der Waals surface area contributed by atoms with Crippen LogP contribution in [-0.2, 0) is 6.42 Å². The smallest absolute Gasteiger partial charge is 0.177 e. The second-order valence-corrected chi connectivity index (χ2v) is 6.05. The molecule has 3 rings (SSSR count). The van der Waals surface area contributed by atoms with Gasteiger partial charge in [0.25, 0.3) is 0 Å². The molecule has 1 heterocycles. The first-order chi connectivity index (χ1) is 10.0. The maximum absolute atomic E-state index is 13.2. The number of aryl methyl sites for hydroxylation is 1. The molecule has 0 atom stereocenters. The lowest BCUT2D eigenvalue weighted by molar-refractivity contribution is 0.0996. The number of ketones is 1. The number of fused-ring (bicyclic) bond motifs is 1. The van der Waals surface area contributed by atoms with Gasteiger partial charge in [-0.1, -0.05) is 12.1 Å². The average Bonchev–Trinajstić information content (AvgIpc) is 2.85. The largest absolute Gasteiger partial charge is 0.293 e. The molecule has 0 unspecified atom stereocenters. The first-order valence-electron chi connectivity index (χ1n) is 6.50. The summed E-state index contributed by atoms with van der Waals surface area (Å²) in [5.74, 6) is -0.648. The van der Waals surface area contributed by atoms with E-state index >= 15 is 0 Å². The SMILES string of the molecule is Cc1cc(F)ccc1CC(=O)c1cc2ccc(F)cc2s1. The van der Waals surface area contributed by atoms with Gasteiger partial charge in [-0.3, -0.25) is 4.79 Å². The van der Waals surface area contributed by atoms with Crippen LogP contribution >= 0.6 is 11.3 Å². The van der Waals surface area contributed by atoms with E-state index in [4.69, 9.17) is 0 Å². The molecule has 0 amide bonds. The fourth-order valence-electron chi connectivity index (χ4n) is 2.26. The van der Waals surface area contributed by atoms with E-state index in [1.54, 1.807) is 25.1 Å². The molecule has 0 saturated carbocycles. The molecule has 1 nitrogen and oxygen atoms in total. The van der Waals surface area contributed by atoms with E-state index in [-0.39, 0.29) is 23.8 Å². The van der Waals surface area contributed by atoms with Gasteiger partial charge in [-0.2, -0.15) is 0 Å². The maximum Gasteiger partial charge on any atom is 0.177 e. The summed E-state index contributed by atoms with van der Waals surface area (Å²) in [6.45, 7) is 1.78. The number of benzene rings is 2. The highest BCUT2D eigenvalue weighted by Crippen LogP contribution is 2.27. The van der Waals surface area contributed by atoms with Crippen LogP contribution in [0, 0.1) is 18.6 Å². The minimum Gasteiger partial charge on any atom is -0.293 e. The molecule has 1 aromatic heterocycles. The summed E-state index contributed by atoms with van der Waals surface area (Å²) in [5, 5.41) is 0.862. The van der Waals surface area contributed by atoms with Crippen molar-refractivity contribution in [1.29, 1.82) is 0 Å². The summed E-state index contributed by atoms with van der Waals surface area (Å²) in [6, 6.07) is 10.7. The van der Waals surface area contributed by atoms with Gasteiger partial charge in [0.15, 0.2) is 5.78 Å². The molecule has 0 bridgehead atoms. The number of halogens is 2. The molecule has 4 heteroatoms. The topological polar surface area (TPSA) is 17.1 Å². The maximum atomic E-state index is 13.2. The zero-order valence-electron chi connectivity index (χ0n) is 11.3. The van der Waals surface area contributed by atoms with Crippen LogP contribution in [0.5, 0.6) is 0 Å². The van der Waals surface area contributed by atoms with E-state index in [1.165, 1.54) is 35.6 Å². The zero-order chi connectivity index (χ0) is 15.0. The van der Waals surface area contributed by atoms with Crippen LogP contribution in [0.3, 0.4) is 0 Å². The first-order valence-corrected chi connectivity index (χ1v) is 7.32. The number of hydrogen-bond acceptors (Lipinski definition) is 2. The van der Waals surface area contributed by atoms with Crippen molar-refractivity contribution in [2.24, 2.45) is 0 Å². The standard InChI is InChI=1S/C17H12F2OS/c1-10-6-13(18)4-2-11(10)7-15(20)17-8-12-3-5-14(19)9-16(12)21-17/h2-6,8-9H,7H2,1H3. The summed E-state index contributed by atoms with van der Waals surface area (Å²) in [5.41, 5.74) is 1.57. The molecule has 106 valence electrons. The monoisotopic (exact) mass is 302 g/mol. The Morgan fingerprint density at radius 1 is 1.05 bits per heavy atom. The second-order valence-electron chi connectivity index (χ2n) is 4.96. The molecular weight excluding hydrogens is 290 g/mol. The van der Waals surface area contributed by atoms with Crippen LogP contribution in [0.4, 0.5) is 8.78 Å². The van der Waals surface area contributed by atoms with Gasteiger partial charge in [0.1, 0.15) is 11.6 Å². The molecule has 0 fully saturated rings. The van der Waals surface area contributed by atoms with E-state index in [9.17, 15) is 13.6 Å². The van der Waals surface area contributed by atoms with Crippen LogP contribution in [0.1, 0.15) is 20.8 Å². The summed E-state index contributed by atoms with van der Waals surface area (Å²) in [6.07, 6.45) is 0.224. The zero-order valence-corrected chi connectivity index (χ0v) is 12.1. The Kier molecular flexibility index (Phi) is 3.55. The molecule has 3 aromatic rings. The molecule has 0 spiro atoms. The molecule has 0 aliphatic heterocycles. The third-order valence-electron chi connectivity index (χ3n) is 3.41. The van der Waals surface area contributed by atoms with Gasteiger partial charge in [0, 0.05) is 11.1 Å². The molecule has 0 aliphatic carbocycles. The fraction of sp³-hybridized carbons (Fsp3) is 0.118. The van der Waals surface area contributed by atoms with Crippen LogP contribution in [0.25, 0.3) is 10.1 Å². The Labute approximate surface area is 124 Å². The third kappa shape index (κ3) is 2.85. The van der Waals surface area contributed by atoms with Crippen LogP contribution in [0.2, 0.25) is 0 Å². The van der Waals surface area contributed by atoms with Gasteiger partial charge in [-0.15, -0.1) is 11.3 Å². The summed E-state index contributed by atoms with van der Waals surface area (Å²) in [7, 11) is 0. The van der Waals surface area contributed by atoms with Crippen molar-refractivity contribution in [3.05, 3.63) is 70.1 Å². The van der Waals surface area contributed by atoms with E-state index < -0.39 is 0 Å². The van der Waals surface area contributed by atoms with Crippen molar-refractivity contribution >= 4 is 27.2 Å². The Hall–Kier alpha value is -2.07. The number of carbonyl (C=O) groups is 1. The Balaban J connectivity index is 1.89. The predicted molar refractivity (Wildman–Crippen MR) is 81.0 cm³/mol. The third-order valence-corrected chi connectivity index (χ3v) is 4.55. The van der Waals surface area contributed by atoms with E-state index in [0.717, 1.165) is 21.2 Å². The lowest BCUT2D eigenvalue weighted by Gasteiger charge is -2.04. The lowest BCUT2D eigenvalue weighted by Crippen LogP contribution is -2.03. The van der Waals surface area contributed by atoms with E-state index in [1.807, 2.05) is 0 Å². The number of carbonyl (C=O) groups excluding carboxylic acids is 1. The van der Waals surface area contributed by atoms with Crippen LogP contribution in [-0.4, -0.2) is 5.78 Å². The summed E-state index contributed by atoms with van der Waals surface area (Å²) in [4.78, 5) is 12.9. The minimum atomic E-state index is -0.308. The molecule has 0 radical (unpaired) electrons. The second kappa shape index (κ2) is 5.37. The van der Waals surface area contributed by atoms with Gasteiger partial charge in [0.05, 0.1) is 4.88 Å². The number of rotatable bonds is 3. The van der Waals surface area contributed by atoms with Gasteiger partial charge in [-0.25, -0.2) is 8.78 Å². The van der Waals surface area contributed by atoms with E-state index in [2.05, 4.69) is 0 Å². The van der Waals surface area contributed by atoms with Gasteiger partial charge in [-0.05, 0) is 53.8 Å². The fourth-order valence-corrected chi connectivity index (χ4v) is 3.29. The Morgan fingerprint density at radius 2 is 1.76 bits per heavy atom. The molecule has 21 heavy (non-hydrogen) atoms. The van der Waals surface area contributed by atoms with Crippen molar-refractivity contribution in [3.8, 4) is 0 Å². The quantitative estimate of drug-likeness (QED) is 0.628. The Bertz CT molecular complexity index is 836. The number of thiophene rings is 1. The van der Waals surface area contributed by atoms with Gasteiger partial charge >= 0.3 is 0 Å². The highest BCUT2D eigenvalue weighted by Gasteiger charge is 2.13. The van der Waals surface area contributed by atoms with Crippen molar-refractivity contribution in [2.45, 2.75) is 13.3 Å². The molecule has 0 aliphatic rings. The molecule has 2 aromatic carbocycles. The van der Waals surface area contributed by atoms with Crippen molar-refractivity contribution < 1.29 is 13.6 Å². The molecule has 0 saturated heterocycles. The summed E-state index contributed by atoms with van der Waals surface area (Å²) < 4.78 is 27.0. The van der Waals surface area contributed by atoms with Gasteiger partial charge < -0.3 is 0 Å². The van der Waals surface area contributed by atoms with E-state index in [0.29, 0.717) is 4.88 Å². The number of Topliss-reactive ketones (excluding diaryl/α,β-unsaturated/α-hetero) is 1. The van der Waals surface area contributed by atoms with Crippen molar-refractivity contribution in [2.75, 3.05) is 0 Å². The van der Waals surface area contributed by atoms with Crippen LogP contribution in [0.15, 0.2) is 42.5 Å². The molecular formula is C17H12F2OS. The average molecular weight is 302 g/mol. The molecule has 0 N–H and O–H groups in total. The Morgan fingerprint density at radius 3 is 2.52 bits per heavy atom. The lowest BCUT2D eigenvalue weighted by atomic mass is 10.0. The highest BCUT2D eigenvalue weighted by molar-refractivity contribution is 7.20. The van der Waals surface area contributed by atoms with Crippen molar-refractivity contribution in [3.63, 3.8) is 0 Å². The van der Waals surface area contributed by atoms with Gasteiger partial charge in [0.2, 0.25) is 0 Å².